The number of aryl methyl sites for hydroxylation is 1. The number of hydrogen-bond donors (Lipinski definition) is 2. The zero-order chi connectivity index (χ0) is 15.8. The number of rotatable bonds is 4. The number of sulfonamides is 1. The van der Waals surface area contributed by atoms with Gasteiger partial charge >= 0.3 is 5.97 Å². The topological polar surface area (TPSA) is 96.4 Å². The number of aromatic nitrogens is 1. The van der Waals surface area contributed by atoms with Gasteiger partial charge in [-0.3, -0.25) is 4.72 Å². The molecule has 0 bridgehead atoms. The summed E-state index contributed by atoms with van der Waals surface area (Å²) in [6, 6.07) is 4.38. The molecule has 0 spiro atoms. The molecule has 0 saturated carbocycles. The van der Waals surface area contributed by atoms with E-state index < -0.39 is 16.0 Å². The molecule has 0 atom stereocenters. The van der Waals surface area contributed by atoms with Gasteiger partial charge in [0.05, 0.1) is 16.9 Å². The summed E-state index contributed by atoms with van der Waals surface area (Å²) >= 11 is 6.55. The van der Waals surface area contributed by atoms with E-state index >= 15 is 0 Å². The molecule has 1 aromatic heterocycles. The maximum Gasteiger partial charge on any atom is 0.336 e. The van der Waals surface area contributed by atoms with E-state index in [2.05, 4.69) is 9.71 Å². The molecule has 0 saturated heterocycles. The first-order valence-electron chi connectivity index (χ1n) is 5.71. The number of carboxylic acids is 1. The third kappa shape index (κ3) is 3.17. The molecule has 1 heterocycles. The fourth-order valence-corrected chi connectivity index (χ4v) is 4.63. The molecule has 1 aromatic carbocycles. The number of nitrogens with zero attached hydrogens (tertiary/aromatic N) is 1. The van der Waals surface area contributed by atoms with E-state index in [4.69, 9.17) is 16.7 Å². The largest absolute Gasteiger partial charge is 0.478 e. The number of hydrogen-bond acceptors (Lipinski definition) is 5. The van der Waals surface area contributed by atoms with Crippen LogP contribution in [0.2, 0.25) is 4.47 Å². The Balaban J connectivity index is 2.45. The number of carbonyl (C=O) groups is 1. The SMILES string of the molecule is Cc1nc(Cl)sc1S(=O)(=O)Nc1cccc(C(=O)O)c1C. The predicted molar refractivity (Wildman–Crippen MR) is 80.8 cm³/mol. The highest BCUT2D eigenvalue weighted by Gasteiger charge is 2.23. The fourth-order valence-electron chi connectivity index (χ4n) is 1.77. The Morgan fingerprint density at radius 1 is 1.38 bits per heavy atom. The lowest BCUT2D eigenvalue weighted by molar-refractivity contribution is 0.0696. The minimum Gasteiger partial charge on any atom is -0.478 e. The monoisotopic (exact) mass is 346 g/mol. The molecular weight excluding hydrogens is 336 g/mol. The second-order valence-corrected chi connectivity index (χ2v) is 7.69. The minimum atomic E-state index is -3.86. The summed E-state index contributed by atoms with van der Waals surface area (Å²) in [6.07, 6.45) is 0. The average Bonchev–Trinajstić information content (AvgIpc) is 2.71. The predicted octanol–water partition coefficient (Wildman–Crippen LogP) is 2.91. The van der Waals surface area contributed by atoms with E-state index in [-0.39, 0.29) is 19.9 Å². The lowest BCUT2D eigenvalue weighted by Gasteiger charge is -2.11. The summed E-state index contributed by atoms with van der Waals surface area (Å²) in [4.78, 5) is 14.9. The number of anilines is 1. The summed E-state index contributed by atoms with van der Waals surface area (Å²) < 4.78 is 27.2. The van der Waals surface area contributed by atoms with E-state index in [0.29, 0.717) is 11.3 Å². The van der Waals surface area contributed by atoms with E-state index in [1.54, 1.807) is 0 Å². The Bertz CT molecular complexity index is 815. The highest BCUT2D eigenvalue weighted by molar-refractivity contribution is 7.94. The van der Waals surface area contributed by atoms with Crippen molar-refractivity contribution >= 4 is 44.6 Å². The molecule has 112 valence electrons. The standard InChI is InChI=1S/C12H11ClN2O4S2/c1-6-8(10(16)17)4-3-5-9(6)15-21(18,19)11-7(2)14-12(13)20-11/h3-5,15H,1-2H3,(H,16,17). The van der Waals surface area contributed by atoms with Crippen LogP contribution in [0.15, 0.2) is 22.4 Å². The van der Waals surface area contributed by atoms with Crippen LogP contribution in [-0.2, 0) is 10.0 Å². The van der Waals surface area contributed by atoms with Crippen molar-refractivity contribution in [3.8, 4) is 0 Å². The van der Waals surface area contributed by atoms with Gasteiger partial charge in [0.1, 0.15) is 0 Å². The Hall–Kier alpha value is -1.64. The highest BCUT2D eigenvalue weighted by Crippen LogP contribution is 2.29. The van der Waals surface area contributed by atoms with Gasteiger partial charge in [0.15, 0.2) is 8.68 Å². The Labute approximate surface area is 130 Å². The maximum absolute atomic E-state index is 12.3. The Morgan fingerprint density at radius 3 is 2.57 bits per heavy atom. The van der Waals surface area contributed by atoms with Crippen LogP contribution < -0.4 is 4.72 Å². The van der Waals surface area contributed by atoms with Gasteiger partial charge in [-0.2, -0.15) is 0 Å². The van der Waals surface area contributed by atoms with Gasteiger partial charge in [-0.15, -0.1) is 0 Å². The summed E-state index contributed by atoms with van der Waals surface area (Å²) in [6.45, 7) is 3.07. The number of benzene rings is 1. The lowest BCUT2D eigenvalue weighted by atomic mass is 10.1. The van der Waals surface area contributed by atoms with Crippen molar-refractivity contribution in [1.82, 2.24) is 4.98 Å². The third-order valence-electron chi connectivity index (χ3n) is 2.78. The zero-order valence-corrected chi connectivity index (χ0v) is 13.4. The molecule has 2 N–H and O–H groups in total. The van der Waals surface area contributed by atoms with Crippen LogP contribution >= 0.6 is 22.9 Å². The van der Waals surface area contributed by atoms with Gasteiger partial charge in [0.25, 0.3) is 10.0 Å². The molecule has 0 radical (unpaired) electrons. The molecule has 0 fully saturated rings. The number of halogens is 1. The van der Waals surface area contributed by atoms with Gasteiger partial charge in [0.2, 0.25) is 0 Å². The van der Waals surface area contributed by atoms with Crippen molar-refractivity contribution in [2.24, 2.45) is 0 Å². The average molecular weight is 347 g/mol. The Kier molecular flexibility index (Phi) is 4.22. The van der Waals surface area contributed by atoms with Crippen molar-refractivity contribution in [3.05, 3.63) is 39.5 Å². The van der Waals surface area contributed by atoms with Crippen molar-refractivity contribution in [3.63, 3.8) is 0 Å². The van der Waals surface area contributed by atoms with E-state index in [1.807, 2.05) is 0 Å². The summed E-state index contributed by atoms with van der Waals surface area (Å²) in [7, 11) is -3.86. The van der Waals surface area contributed by atoms with Crippen molar-refractivity contribution in [2.45, 2.75) is 18.1 Å². The number of nitrogens with one attached hydrogen (secondary N) is 1. The van der Waals surface area contributed by atoms with Crippen LogP contribution in [0.1, 0.15) is 21.6 Å². The molecular formula is C12H11ClN2O4S2. The Morgan fingerprint density at radius 2 is 2.05 bits per heavy atom. The van der Waals surface area contributed by atoms with Gasteiger partial charge in [-0.05, 0) is 31.5 Å². The molecule has 0 unspecified atom stereocenters. The quantitative estimate of drug-likeness (QED) is 0.887. The van der Waals surface area contributed by atoms with Crippen molar-refractivity contribution in [2.75, 3.05) is 4.72 Å². The first-order valence-corrected chi connectivity index (χ1v) is 8.39. The number of thiazole rings is 1. The lowest BCUT2D eigenvalue weighted by Crippen LogP contribution is -2.14. The molecule has 0 aliphatic rings. The van der Waals surface area contributed by atoms with Crippen molar-refractivity contribution in [1.29, 1.82) is 0 Å². The molecule has 6 nitrogen and oxygen atoms in total. The minimum absolute atomic E-state index is 0.00706. The van der Waals surface area contributed by atoms with Crippen LogP contribution in [0.25, 0.3) is 0 Å². The van der Waals surface area contributed by atoms with Gasteiger partial charge in [-0.1, -0.05) is 29.0 Å². The van der Waals surface area contributed by atoms with Crippen LogP contribution in [-0.4, -0.2) is 24.5 Å². The maximum atomic E-state index is 12.3. The van der Waals surface area contributed by atoms with Crippen LogP contribution in [0.5, 0.6) is 0 Å². The normalized spacial score (nSPS) is 11.4. The third-order valence-corrected chi connectivity index (χ3v) is 6.02. The second kappa shape index (κ2) is 5.63. The highest BCUT2D eigenvalue weighted by atomic mass is 35.5. The first kappa shape index (κ1) is 15.7. The summed E-state index contributed by atoms with van der Waals surface area (Å²) in [5.41, 5.74) is 0.875. The van der Waals surface area contributed by atoms with Crippen LogP contribution in [0.3, 0.4) is 0 Å². The van der Waals surface area contributed by atoms with Gasteiger partial charge in [-0.25, -0.2) is 18.2 Å². The summed E-state index contributed by atoms with van der Waals surface area (Å²) in [5, 5.41) is 9.05. The summed E-state index contributed by atoms with van der Waals surface area (Å²) in [5.74, 6) is -1.12. The molecule has 2 rings (SSSR count). The van der Waals surface area contributed by atoms with E-state index in [9.17, 15) is 13.2 Å². The second-order valence-electron chi connectivity index (χ2n) is 4.23. The molecule has 2 aromatic rings. The van der Waals surface area contributed by atoms with Crippen molar-refractivity contribution < 1.29 is 18.3 Å². The fraction of sp³-hybridized carbons (Fsp3) is 0.167. The van der Waals surface area contributed by atoms with Gasteiger partial charge < -0.3 is 5.11 Å². The molecule has 0 amide bonds. The molecule has 0 aliphatic carbocycles. The zero-order valence-electron chi connectivity index (χ0n) is 11.0. The molecule has 9 heteroatoms. The molecule has 0 aliphatic heterocycles. The first-order chi connectivity index (χ1) is 9.72. The van der Waals surface area contributed by atoms with Gasteiger partial charge in [0, 0.05) is 0 Å². The van der Waals surface area contributed by atoms with E-state index in [1.165, 1.54) is 32.0 Å². The smallest absolute Gasteiger partial charge is 0.336 e. The number of carboxylic acid groups (broad SMARTS) is 1. The number of aromatic carboxylic acids is 1. The molecule has 21 heavy (non-hydrogen) atoms. The van der Waals surface area contributed by atoms with E-state index in [0.717, 1.165) is 11.3 Å². The van der Waals surface area contributed by atoms with Crippen LogP contribution in [0.4, 0.5) is 5.69 Å². The van der Waals surface area contributed by atoms with Crippen LogP contribution in [0, 0.1) is 13.8 Å².